The Morgan fingerprint density at radius 1 is 1.14 bits per heavy atom. The van der Waals surface area contributed by atoms with E-state index in [4.69, 9.17) is 0 Å². The monoisotopic (exact) mass is 298 g/mol. The molecule has 1 fully saturated rings. The van der Waals surface area contributed by atoms with Crippen molar-refractivity contribution in [2.24, 2.45) is 0 Å². The summed E-state index contributed by atoms with van der Waals surface area (Å²) in [7, 11) is 0. The van der Waals surface area contributed by atoms with E-state index in [1.165, 1.54) is 16.7 Å². The summed E-state index contributed by atoms with van der Waals surface area (Å²) >= 11 is 1.34. The Labute approximate surface area is 127 Å². The molecule has 1 aromatic carbocycles. The average molecular weight is 298 g/mol. The minimum absolute atomic E-state index is 0.155. The SMILES string of the molecule is Cc1ccc(N2C(=O)CC(Sc3ccccn3)C2=O)cc1. The highest BCUT2D eigenvalue weighted by Gasteiger charge is 2.40. The lowest BCUT2D eigenvalue weighted by Crippen LogP contribution is -2.31. The van der Waals surface area contributed by atoms with Crippen LogP contribution in [0.3, 0.4) is 0 Å². The number of amides is 2. The van der Waals surface area contributed by atoms with E-state index in [0.29, 0.717) is 5.69 Å². The molecule has 0 bridgehead atoms. The number of hydrogen-bond acceptors (Lipinski definition) is 4. The quantitative estimate of drug-likeness (QED) is 0.818. The van der Waals surface area contributed by atoms with Crippen LogP contribution in [0, 0.1) is 6.92 Å². The van der Waals surface area contributed by atoms with Crippen molar-refractivity contribution >= 4 is 29.3 Å². The maximum absolute atomic E-state index is 12.5. The molecule has 1 aromatic heterocycles. The molecule has 2 heterocycles. The molecule has 2 aromatic rings. The van der Waals surface area contributed by atoms with Crippen LogP contribution in [0.1, 0.15) is 12.0 Å². The van der Waals surface area contributed by atoms with Crippen LogP contribution in [0.5, 0.6) is 0 Å². The van der Waals surface area contributed by atoms with E-state index in [-0.39, 0.29) is 18.2 Å². The summed E-state index contributed by atoms with van der Waals surface area (Å²) in [5.74, 6) is -0.322. The molecule has 106 valence electrons. The number of nitrogens with zero attached hydrogens (tertiary/aromatic N) is 2. The van der Waals surface area contributed by atoms with Crippen molar-refractivity contribution in [1.29, 1.82) is 0 Å². The van der Waals surface area contributed by atoms with Crippen molar-refractivity contribution in [2.45, 2.75) is 23.6 Å². The molecular formula is C16H14N2O2S. The largest absolute Gasteiger partial charge is 0.274 e. The first-order valence-corrected chi connectivity index (χ1v) is 7.54. The third kappa shape index (κ3) is 2.83. The molecule has 0 N–H and O–H groups in total. The van der Waals surface area contributed by atoms with Crippen molar-refractivity contribution in [3.8, 4) is 0 Å². The highest BCUT2D eigenvalue weighted by Crippen LogP contribution is 2.32. The van der Waals surface area contributed by atoms with Crippen molar-refractivity contribution in [2.75, 3.05) is 4.90 Å². The average Bonchev–Trinajstić information content (AvgIpc) is 2.76. The van der Waals surface area contributed by atoms with Crippen molar-refractivity contribution in [3.05, 3.63) is 54.2 Å². The van der Waals surface area contributed by atoms with Gasteiger partial charge in [-0.2, -0.15) is 0 Å². The molecule has 1 aliphatic rings. The van der Waals surface area contributed by atoms with Gasteiger partial charge in [-0.05, 0) is 31.2 Å². The lowest BCUT2D eigenvalue weighted by molar-refractivity contribution is -0.121. The van der Waals surface area contributed by atoms with E-state index in [1.807, 2.05) is 37.3 Å². The molecule has 1 unspecified atom stereocenters. The van der Waals surface area contributed by atoms with E-state index in [2.05, 4.69) is 4.98 Å². The molecule has 4 nitrogen and oxygen atoms in total. The van der Waals surface area contributed by atoms with Crippen molar-refractivity contribution in [3.63, 3.8) is 0 Å². The van der Waals surface area contributed by atoms with E-state index in [1.54, 1.807) is 18.3 Å². The predicted molar refractivity (Wildman–Crippen MR) is 82.2 cm³/mol. The first-order valence-electron chi connectivity index (χ1n) is 6.66. The van der Waals surface area contributed by atoms with Gasteiger partial charge in [0.2, 0.25) is 11.8 Å². The normalized spacial score (nSPS) is 18.3. The molecule has 0 aliphatic carbocycles. The first kappa shape index (κ1) is 13.8. The minimum atomic E-state index is -0.395. The number of aryl methyl sites for hydroxylation is 1. The zero-order chi connectivity index (χ0) is 14.8. The van der Waals surface area contributed by atoms with Gasteiger partial charge in [0.05, 0.1) is 16.0 Å². The fourth-order valence-corrected chi connectivity index (χ4v) is 3.23. The predicted octanol–water partition coefficient (Wildman–Crippen LogP) is 2.81. The number of imide groups is 1. The third-order valence-electron chi connectivity index (χ3n) is 3.30. The summed E-state index contributed by atoms with van der Waals surface area (Å²) < 4.78 is 0. The van der Waals surface area contributed by atoms with Gasteiger partial charge in [0, 0.05) is 12.6 Å². The zero-order valence-corrected chi connectivity index (χ0v) is 12.3. The second kappa shape index (κ2) is 5.69. The summed E-state index contributed by atoms with van der Waals surface area (Å²) in [5.41, 5.74) is 1.73. The lowest BCUT2D eigenvalue weighted by Gasteiger charge is -2.15. The molecule has 2 amide bonds. The van der Waals surface area contributed by atoms with Crippen LogP contribution in [0.2, 0.25) is 0 Å². The number of carbonyl (C=O) groups is 2. The van der Waals surface area contributed by atoms with E-state index >= 15 is 0 Å². The van der Waals surface area contributed by atoms with Gasteiger partial charge in [-0.25, -0.2) is 9.88 Å². The van der Waals surface area contributed by atoms with Gasteiger partial charge in [0.1, 0.15) is 0 Å². The second-order valence-electron chi connectivity index (χ2n) is 4.88. The van der Waals surface area contributed by atoms with E-state index in [0.717, 1.165) is 10.6 Å². The van der Waals surface area contributed by atoms with Gasteiger partial charge in [0.25, 0.3) is 0 Å². The molecular weight excluding hydrogens is 284 g/mol. The molecule has 1 aliphatic heterocycles. The van der Waals surface area contributed by atoms with Gasteiger partial charge in [-0.15, -0.1) is 0 Å². The maximum atomic E-state index is 12.5. The standard InChI is InChI=1S/C16H14N2O2S/c1-11-5-7-12(8-6-11)18-15(19)10-13(16(18)20)21-14-4-2-3-9-17-14/h2-9,13H,10H2,1H3. The fraction of sp³-hybridized carbons (Fsp3) is 0.188. The Morgan fingerprint density at radius 2 is 1.90 bits per heavy atom. The van der Waals surface area contributed by atoms with E-state index in [9.17, 15) is 9.59 Å². The van der Waals surface area contributed by atoms with Crippen LogP contribution in [-0.2, 0) is 9.59 Å². The van der Waals surface area contributed by atoms with Crippen LogP contribution >= 0.6 is 11.8 Å². The summed E-state index contributed by atoms with van der Waals surface area (Å²) in [6.07, 6.45) is 1.90. The zero-order valence-electron chi connectivity index (χ0n) is 11.5. The van der Waals surface area contributed by atoms with Crippen LogP contribution in [0.4, 0.5) is 5.69 Å². The van der Waals surface area contributed by atoms with Gasteiger partial charge in [-0.3, -0.25) is 9.59 Å². The summed E-state index contributed by atoms with van der Waals surface area (Å²) in [5, 5.41) is 0.364. The molecule has 1 atom stereocenters. The number of pyridine rings is 1. The highest BCUT2D eigenvalue weighted by molar-refractivity contribution is 8.00. The fourth-order valence-electron chi connectivity index (χ4n) is 2.22. The van der Waals surface area contributed by atoms with Crippen LogP contribution in [-0.4, -0.2) is 22.0 Å². The molecule has 1 saturated heterocycles. The van der Waals surface area contributed by atoms with Crippen LogP contribution in [0.25, 0.3) is 0 Å². The first-order chi connectivity index (χ1) is 10.1. The van der Waals surface area contributed by atoms with Gasteiger partial charge in [-0.1, -0.05) is 35.5 Å². The molecule has 0 radical (unpaired) electrons. The number of rotatable bonds is 3. The molecule has 0 spiro atoms. The van der Waals surface area contributed by atoms with Gasteiger partial charge < -0.3 is 0 Å². The minimum Gasteiger partial charge on any atom is -0.274 e. The number of thioether (sulfide) groups is 1. The Bertz CT molecular complexity index is 670. The number of anilines is 1. The van der Waals surface area contributed by atoms with Crippen LogP contribution < -0.4 is 4.90 Å². The highest BCUT2D eigenvalue weighted by atomic mass is 32.2. The Balaban J connectivity index is 1.80. The number of carbonyl (C=O) groups excluding carboxylic acids is 2. The number of aromatic nitrogens is 1. The van der Waals surface area contributed by atoms with Crippen molar-refractivity contribution < 1.29 is 9.59 Å². The Morgan fingerprint density at radius 3 is 2.57 bits per heavy atom. The molecule has 0 saturated carbocycles. The molecule has 5 heteroatoms. The van der Waals surface area contributed by atoms with Gasteiger partial charge in [0.15, 0.2) is 0 Å². The lowest BCUT2D eigenvalue weighted by atomic mass is 10.2. The van der Waals surface area contributed by atoms with Gasteiger partial charge >= 0.3 is 0 Å². The smallest absolute Gasteiger partial charge is 0.247 e. The summed E-state index contributed by atoms with van der Waals surface area (Å²) in [6, 6.07) is 12.9. The van der Waals surface area contributed by atoms with E-state index < -0.39 is 5.25 Å². The third-order valence-corrected chi connectivity index (χ3v) is 4.43. The summed E-state index contributed by atoms with van der Waals surface area (Å²) in [6.45, 7) is 1.97. The maximum Gasteiger partial charge on any atom is 0.247 e. The molecule has 3 rings (SSSR count). The second-order valence-corrected chi connectivity index (χ2v) is 6.10. The Kier molecular flexibility index (Phi) is 3.75. The Hall–Kier alpha value is -2.14. The number of hydrogen-bond donors (Lipinski definition) is 0. The van der Waals surface area contributed by atoms with Crippen molar-refractivity contribution in [1.82, 2.24) is 4.98 Å². The topological polar surface area (TPSA) is 50.3 Å². The summed E-state index contributed by atoms with van der Waals surface area (Å²) in [4.78, 5) is 30.1. The van der Waals surface area contributed by atoms with Crippen LogP contribution in [0.15, 0.2) is 53.7 Å². The number of benzene rings is 1. The molecule has 21 heavy (non-hydrogen) atoms.